The summed E-state index contributed by atoms with van der Waals surface area (Å²) < 4.78 is 0. The molecule has 3 fully saturated rings. The van der Waals surface area contributed by atoms with Crippen molar-refractivity contribution >= 4 is 17.6 Å². The molecule has 0 aromatic heterocycles. The molecule has 5 N–H and O–H groups in total. The van der Waals surface area contributed by atoms with Gasteiger partial charge in [0.05, 0.1) is 12.3 Å². The number of hydrogen-bond acceptors (Lipinski definition) is 5. The third-order valence-corrected chi connectivity index (χ3v) is 6.75. The lowest BCUT2D eigenvalue weighted by Crippen LogP contribution is -2.62. The van der Waals surface area contributed by atoms with Gasteiger partial charge in [-0.15, -0.1) is 0 Å². The second-order valence-electron chi connectivity index (χ2n) is 8.28. The van der Waals surface area contributed by atoms with E-state index < -0.39 is 0 Å². The van der Waals surface area contributed by atoms with Crippen molar-refractivity contribution < 1.29 is 4.79 Å². The van der Waals surface area contributed by atoms with Gasteiger partial charge in [0.15, 0.2) is 0 Å². The number of nitrogens with two attached hydrogens (primary N) is 1. The Hall–Kier alpha value is -1.38. The van der Waals surface area contributed by atoms with Gasteiger partial charge in [-0.05, 0) is 43.0 Å². The Balaban J connectivity index is 1.51. The van der Waals surface area contributed by atoms with E-state index in [2.05, 4.69) is 33.0 Å². The third kappa shape index (κ3) is 4.14. The first-order valence-electron chi connectivity index (χ1n) is 10.3. The summed E-state index contributed by atoms with van der Waals surface area (Å²) in [6.07, 6.45) is 1.39. The van der Waals surface area contributed by atoms with Gasteiger partial charge in [0.25, 0.3) is 0 Å². The van der Waals surface area contributed by atoms with E-state index >= 15 is 0 Å². The molecule has 7 nitrogen and oxygen atoms in total. The van der Waals surface area contributed by atoms with Gasteiger partial charge in [-0.2, -0.15) is 0 Å². The quantitative estimate of drug-likeness (QED) is 0.588. The minimum atomic E-state index is 0.0451. The zero-order valence-corrected chi connectivity index (χ0v) is 17.2. The topological polar surface area (TPSA) is 85.7 Å². The molecule has 0 bridgehead atoms. The molecular weight excluding hydrogens is 376 g/mol. The second-order valence-corrected chi connectivity index (χ2v) is 8.69. The molecule has 3 aliphatic heterocycles. The number of aryl methyl sites for hydroxylation is 1. The summed E-state index contributed by atoms with van der Waals surface area (Å²) >= 11 is 6.36. The number of carbonyl (C=O) groups excluding carboxylic acids is 1. The largest absolute Gasteiger partial charge is 0.336 e. The Morgan fingerprint density at radius 1 is 1.32 bits per heavy atom. The molecule has 2 amide bonds. The second kappa shape index (κ2) is 8.55. The number of rotatable bonds is 5. The molecule has 0 radical (unpaired) electrons. The monoisotopic (exact) mass is 406 g/mol. The van der Waals surface area contributed by atoms with E-state index in [9.17, 15) is 4.79 Å². The minimum Gasteiger partial charge on any atom is -0.336 e. The molecule has 0 spiro atoms. The van der Waals surface area contributed by atoms with Crippen LogP contribution in [0.25, 0.3) is 0 Å². The van der Waals surface area contributed by atoms with Gasteiger partial charge < -0.3 is 16.0 Å². The summed E-state index contributed by atoms with van der Waals surface area (Å²) in [5.41, 5.74) is 8.15. The van der Waals surface area contributed by atoms with E-state index in [1.165, 1.54) is 0 Å². The number of benzene rings is 1. The van der Waals surface area contributed by atoms with Crippen LogP contribution < -0.4 is 21.7 Å². The van der Waals surface area contributed by atoms with Crippen LogP contribution in [-0.4, -0.2) is 67.8 Å². The number of amides is 2. The van der Waals surface area contributed by atoms with E-state index in [0.29, 0.717) is 11.8 Å². The zero-order valence-electron chi connectivity index (χ0n) is 16.5. The molecule has 4 atom stereocenters. The predicted octanol–water partition coefficient (Wildman–Crippen LogP) is 1.09. The van der Waals surface area contributed by atoms with Gasteiger partial charge in [0.2, 0.25) is 0 Å². The maximum Gasteiger partial charge on any atom is 0.317 e. The third-order valence-electron chi connectivity index (χ3n) is 6.34. The first-order valence-corrected chi connectivity index (χ1v) is 10.7. The standard InChI is InChI=1S/C20H31ClN6O/c1-13-2-3-15(8-17(13)21)18-24-10-16(12-27-7-5-23-20(27)28)19(25-18)26-6-4-14(9-22)11-26/h2-3,8,14,16,18-19,24-25H,4-7,9-12,22H2,1H3,(H,23,28). The summed E-state index contributed by atoms with van der Waals surface area (Å²) in [6.45, 7) is 7.93. The van der Waals surface area contributed by atoms with Crippen LogP contribution in [0, 0.1) is 18.8 Å². The fourth-order valence-electron chi connectivity index (χ4n) is 4.59. The SMILES string of the molecule is Cc1ccc(C2NCC(CN3CCNC3=O)C(N3CCC(CN)C3)N2)cc1Cl. The molecule has 8 heteroatoms. The average Bonchev–Trinajstić information content (AvgIpc) is 3.34. The number of carbonyl (C=O) groups is 1. The van der Waals surface area contributed by atoms with Gasteiger partial charge in [-0.1, -0.05) is 23.7 Å². The van der Waals surface area contributed by atoms with Crippen molar-refractivity contribution in [3.8, 4) is 0 Å². The van der Waals surface area contributed by atoms with E-state index in [4.69, 9.17) is 17.3 Å². The van der Waals surface area contributed by atoms with E-state index in [1.54, 1.807) is 0 Å². The summed E-state index contributed by atoms with van der Waals surface area (Å²) in [5, 5.41) is 11.1. The lowest BCUT2D eigenvalue weighted by Gasteiger charge is -2.44. The van der Waals surface area contributed by atoms with Crippen LogP contribution in [-0.2, 0) is 0 Å². The van der Waals surface area contributed by atoms with Gasteiger partial charge >= 0.3 is 6.03 Å². The normalized spacial score (nSPS) is 31.4. The summed E-state index contributed by atoms with van der Waals surface area (Å²) in [5.74, 6) is 0.872. The Bertz CT molecular complexity index is 716. The summed E-state index contributed by atoms with van der Waals surface area (Å²) in [7, 11) is 0. The summed E-state index contributed by atoms with van der Waals surface area (Å²) in [6, 6.07) is 6.29. The molecule has 0 aliphatic carbocycles. The molecule has 4 rings (SSSR count). The Morgan fingerprint density at radius 3 is 2.86 bits per heavy atom. The maximum atomic E-state index is 12.1. The van der Waals surface area contributed by atoms with Crippen LogP contribution in [0.2, 0.25) is 5.02 Å². The van der Waals surface area contributed by atoms with E-state index in [1.807, 2.05) is 17.9 Å². The first kappa shape index (κ1) is 19.9. The highest BCUT2D eigenvalue weighted by atomic mass is 35.5. The molecule has 1 aromatic carbocycles. The van der Waals surface area contributed by atoms with Crippen molar-refractivity contribution in [2.45, 2.75) is 25.7 Å². The highest BCUT2D eigenvalue weighted by molar-refractivity contribution is 6.31. The molecule has 3 heterocycles. The lowest BCUT2D eigenvalue weighted by atomic mass is 9.98. The molecular formula is C20H31ClN6O. The maximum absolute atomic E-state index is 12.1. The van der Waals surface area contributed by atoms with Gasteiger partial charge in [0.1, 0.15) is 0 Å². The van der Waals surface area contributed by atoms with Crippen molar-refractivity contribution in [1.82, 2.24) is 25.8 Å². The number of likely N-dealkylation sites (tertiary alicyclic amines) is 1. The highest BCUT2D eigenvalue weighted by Crippen LogP contribution is 2.28. The Labute approximate surface area is 171 Å². The fourth-order valence-corrected chi connectivity index (χ4v) is 4.78. The highest BCUT2D eigenvalue weighted by Gasteiger charge is 2.39. The Kier molecular flexibility index (Phi) is 6.08. The number of urea groups is 1. The molecule has 1 aromatic rings. The number of halogens is 1. The van der Waals surface area contributed by atoms with E-state index in [-0.39, 0.29) is 18.4 Å². The number of nitrogens with zero attached hydrogens (tertiary/aromatic N) is 2. The Morgan fingerprint density at radius 2 is 2.18 bits per heavy atom. The molecule has 3 saturated heterocycles. The fraction of sp³-hybridized carbons (Fsp3) is 0.650. The van der Waals surface area contributed by atoms with Crippen molar-refractivity contribution in [1.29, 1.82) is 0 Å². The van der Waals surface area contributed by atoms with Crippen LogP contribution in [0.5, 0.6) is 0 Å². The van der Waals surface area contributed by atoms with Crippen molar-refractivity contribution in [3.05, 3.63) is 34.3 Å². The van der Waals surface area contributed by atoms with Crippen molar-refractivity contribution in [2.24, 2.45) is 17.6 Å². The van der Waals surface area contributed by atoms with Crippen LogP contribution in [0.15, 0.2) is 18.2 Å². The minimum absolute atomic E-state index is 0.0451. The molecule has 0 saturated carbocycles. The van der Waals surface area contributed by atoms with E-state index in [0.717, 1.165) is 68.4 Å². The zero-order chi connectivity index (χ0) is 19.7. The average molecular weight is 407 g/mol. The molecule has 4 unspecified atom stereocenters. The van der Waals surface area contributed by atoms with Crippen LogP contribution in [0.1, 0.15) is 23.7 Å². The van der Waals surface area contributed by atoms with Crippen molar-refractivity contribution in [2.75, 3.05) is 45.8 Å². The van der Waals surface area contributed by atoms with Gasteiger partial charge in [-0.25, -0.2) is 4.79 Å². The molecule has 154 valence electrons. The van der Waals surface area contributed by atoms with Gasteiger partial charge in [-0.3, -0.25) is 15.5 Å². The van der Waals surface area contributed by atoms with Crippen LogP contribution in [0.4, 0.5) is 4.79 Å². The molecule has 3 aliphatic rings. The number of nitrogens with one attached hydrogen (secondary N) is 3. The predicted molar refractivity (Wildman–Crippen MR) is 111 cm³/mol. The first-order chi connectivity index (χ1) is 13.5. The lowest BCUT2D eigenvalue weighted by molar-refractivity contribution is 0.0662. The van der Waals surface area contributed by atoms with Crippen molar-refractivity contribution in [3.63, 3.8) is 0 Å². The van der Waals surface area contributed by atoms with Crippen LogP contribution in [0.3, 0.4) is 0 Å². The summed E-state index contributed by atoms with van der Waals surface area (Å²) in [4.78, 5) is 16.5. The van der Waals surface area contributed by atoms with Crippen LogP contribution >= 0.6 is 11.6 Å². The molecule has 28 heavy (non-hydrogen) atoms. The smallest absolute Gasteiger partial charge is 0.317 e. The number of hydrogen-bond donors (Lipinski definition) is 4. The van der Waals surface area contributed by atoms with Gasteiger partial charge in [0, 0.05) is 50.2 Å².